The van der Waals surface area contributed by atoms with Crippen LogP contribution in [0.25, 0.3) is 71.5 Å². The summed E-state index contributed by atoms with van der Waals surface area (Å²) in [4.78, 5) is 4.63. The third-order valence-electron chi connectivity index (χ3n) is 7.93. The zero-order chi connectivity index (χ0) is 25.4. The minimum atomic E-state index is 0.927. The van der Waals surface area contributed by atoms with Crippen molar-refractivity contribution < 1.29 is 4.42 Å². The Morgan fingerprint density at radius 1 is 0.605 bits per heavy atom. The lowest BCUT2D eigenvalue weighted by Crippen LogP contribution is -1.93. The molecule has 3 nitrogen and oxygen atoms in total. The van der Waals surface area contributed by atoms with Gasteiger partial charge in [0, 0.05) is 39.5 Å². The van der Waals surface area contributed by atoms with E-state index in [9.17, 15) is 0 Å². The number of para-hydroxylation sites is 2. The van der Waals surface area contributed by atoms with Gasteiger partial charge in [0.25, 0.3) is 0 Å². The largest absolute Gasteiger partial charge is 0.455 e. The van der Waals surface area contributed by atoms with Gasteiger partial charge in [-0.25, -0.2) is 4.98 Å². The molecule has 0 saturated heterocycles. The summed E-state index contributed by atoms with van der Waals surface area (Å²) in [6.07, 6.45) is 3.93. The molecule has 0 spiro atoms. The van der Waals surface area contributed by atoms with Crippen molar-refractivity contribution in [1.82, 2.24) is 9.38 Å². The summed E-state index contributed by atoms with van der Waals surface area (Å²) < 4.78 is 8.55. The van der Waals surface area contributed by atoms with Crippen LogP contribution in [0.5, 0.6) is 0 Å². The van der Waals surface area contributed by atoms with Gasteiger partial charge in [0.2, 0.25) is 0 Å². The molecule has 5 aromatic carbocycles. The third kappa shape index (κ3) is 2.93. The van der Waals surface area contributed by atoms with E-state index < -0.39 is 0 Å². The highest BCUT2D eigenvalue weighted by Gasteiger charge is 2.16. The Bertz CT molecular complexity index is 2210. The summed E-state index contributed by atoms with van der Waals surface area (Å²) in [5, 5.41) is 5.95. The maximum Gasteiger partial charge on any atom is 0.145 e. The number of hydrogen-bond donors (Lipinski definition) is 0. The van der Waals surface area contributed by atoms with Crippen molar-refractivity contribution in [2.24, 2.45) is 0 Å². The molecule has 0 amide bonds. The van der Waals surface area contributed by atoms with Crippen LogP contribution in [0.15, 0.2) is 114 Å². The molecule has 0 atom stereocenters. The maximum atomic E-state index is 6.36. The average molecular weight is 489 g/mol. The molecule has 0 aliphatic rings. The van der Waals surface area contributed by atoms with E-state index in [1.807, 2.05) is 24.5 Å². The minimum absolute atomic E-state index is 0.927. The van der Waals surface area contributed by atoms with Crippen LogP contribution in [-0.4, -0.2) is 9.38 Å². The number of fused-ring (bicyclic) bond motifs is 9. The number of hydrogen-bond acceptors (Lipinski definition) is 2. The highest BCUT2D eigenvalue weighted by atomic mass is 16.3. The molecule has 0 unspecified atom stereocenters. The molecule has 8 aromatic rings. The first-order valence-electron chi connectivity index (χ1n) is 13.0. The van der Waals surface area contributed by atoms with Crippen LogP contribution < -0.4 is 0 Å². The Morgan fingerprint density at radius 2 is 1.34 bits per heavy atom. The van der Waals surface area contributed by atoms with Crippen LogP contribution in [0.1, 0.15) is 11.1 Å². The second-order valence-electron chi connectivity index (χ2n) is 10.2. The van der Waals surface area contributed by atoms with Gasteiger partial charge in [0.15, 0.2) is 0 Å². The van der Waals surface area contributed by atoms with E-state index in [0.29, 0.717) is 0 Å². The fourth-order valence-electron chi connectivity index (χ4n) is 6.12. The molecule has 8 rings (SSSR count). The quantitative estimate of drug-likeness (QED) is 0.227. The van der Waals surface area contributed by atoms with Crippen molar-refractivity contribution in [1.29, 1.82) is 0 Å². The van der Waals surface area contributed by atoms with E-state index >= 15 is 0 Å². The molecule has 3 heterocycles. The zero-order valence-corrected chi connectivity index (χ0v) is 21.2. The summed E-state index contributed by atoms with van der Waals surface area (Å²) in [5.74, 6) is 0. The first-order chi connectivity index (χ1) is 18.7. The van der Waals surface area contributed by atoms with E-state index in [1.54, 1.807) is 0 Å². The van der Waals surface area contributed by atoms with E-state index in [0.717, 1.165) is 33.1 Å². The van der Waals surface area contributed by atoms with Crippen molar-refractivity contribution in [2.45, 2.75) is 13.8 Å². The molecular weight excluding hydrogens is 464 g/mol. The summed E-state index contributed by atoms with van der Waals surface area (Å²) in [6.45, 7) is 4.41. The van der Waals surface area contributed by atoms with E-state index in [4.69, 9.17) is 4.42 Å². The van der Waals surface area contributed by atoms with Crippen LogP contribution in [0.3, 0.4) is 0 Å². The van der Waals surface area contributed by atoms with E-state index in [2.05, 4.69) is 108 Å². The summed E-state index contributed by atoms with van der Waals surface area (Å²) in [7, 11) is 0. The lowest BCUT2D eigenvalue weighted by molar-refractivity contribution is 0.670. The van der Waals surface area contributed by atoms with Gasteiger partial charge >= 0.3 is 0 Å². The lowest BCUT2D eigenvalue weighted by Gasteiger charge is -2.15. The highest BCUT2D eigenvalue weighted by Crippen LogP contribution is 2.40. The van der Waals surface area contributed by atoms with Crippen molar-refractivity contribution in [3.63, 3.8) is 0 Å². The zero-order valence-electron chi connectivity index (χ0n) is 21.2. The van der Waals surface area contributed by atoms with Gasteiger partial charge in [-0.15, -0.1) is 0 Å². The van der Waals surface area contributed by atoms with Gasteiger partial charge in [-0.2, -0.15) is 0 Å². The molecule has 180 valence electrons. The Balaban J connectivity index is 1.33. The fraction of sp³-hybridized carbons (Fsp3) is 0.0571. The van der Waals surface area contributed by atoms with Crippen LogP contribution in [0.4, 0.5) is 0 Å². The molecule has 0 aliphatic carbocycles. The topological polar surface area (TPSA) is 30.4 Å². The van der Waals surface area contributed by atoms with Crippen molar-refractivity contribution >= 4 is 49.3 Å². The second kappa shape index (κ2) is 7.80. The number of nitrogens with zero attached hydrogens (tertiary/aromatic N) is 2. The molecule has 3 heteroatoms. The number of aromatic nitrogens is 2. The molecule has 38 heavy (non-hydrogen) atoms. The van der Waals surface area contributed by atoms with Gasteiger partial charge in [-0.05, 0) is 65.3 Å². The van der Waals surface area contributed by atoms with Crippen LogP contribution in [-0.2, 0) is 0 Å². The summed E-state index contributed by atoms with van der Waals surface area (Å²) >= 11 is 0. The number of benzene rings is 5. The Morgan fingerprint density at radius 3 is 2.24 bits per heavy atom. The van der Waals surface area contributed by atoms with Crippen LogP contribution in [0.2, 0.25) is 0 Å². The number of aryl methyl sites for hydroxylation is 2. The molecular formula is C35H24N2O. The lowest BCUT2D eigenvalue weighted by atomic mass is 9.90. The normalized spacial score (nSPS) is 11.9. The van der Waals surface area contributed by atoms with Gasteiger partial charge in [-0.3, -0.25) is 4.40 Å². The fourth-order valence-corrected chi connectivity index (χ4v) is 6.12. The Hall–Kier alpha value is -4.89. The standard InChI is InChI=1S/C35H24N2O/c1-21-19-30(27-12-7-11-26-25-9-5-6-13-33(25)38-34(26)27)22(2)18-29(21)23-14-15-32-31(20-23)24-8-3-4-10-28(24)35-36-16-17-37(32)35/h3-20H,1-2H3. The number of pyridine rings is 1. The molecule has 0 radical (unpaired) electrons. The molecule has 0 fully saturated rings. The molecule has 0 saturated carbocycles. The van der Waals surface area contributed by atoms with E-state index in [-0.39, 0.29) is 0 Å². The number of rotatable bonds is 2. The van der Waals surface area contributed by atoms with Gasteiger partial charge < -0.3 is 4.42 Å². The van der Waals surface area contributed by atoms with Crippen molar-refractivity contribution in [3.8, 4) is 22.3 Å². The third-order valence-corrected chi connectivity index (χ3v) is 7.93. The number of imidazole rings is 1. The first-order valence-corrected chi connectivity index (χ1v) is 13.0. The summed E-state index contributed by atoms with van der Waals surface area (Å²) in [6, 6.07) is 34.7. The summed E-state index contributed by atoms with van der Waals surface area (Å²) in [5.41, 5.74) is 11.3. The predicted octanol–water partition coefficient (Wildman–Crippen LogP) is 9.49. The van der Waals surface area contributed by atoms with Crippen molar-refractivity contribution in [3.05, 3.63) is 121 Å². The minimum Gasteiger partial charge on any atom is -0.455 e. The van der Waals surface area contributed by atoms with Gasteiger partial charge in [0.05, 0.1) is 5.52 Å². The second-order valence-corrected chi connectivity index (χ2v) is 10.2. The molecule has 0 aliphatic heterocycles. The predicted molar refractivity (Wildman–Crippen MR) is 158 cm³/mol. The van der Waals surface area contributed by atoms with Crippen LogP contribution >= 0.6 is 0 Å². The van der Waals surface area contributed by atoms with Gasteiger partial charge in [-0.1, -0.05) is 78.9 Å². The molecule has 3 aromatic heterocycles. The van der Waals surface area contributed by atoms with Gasteiger partial charge in [0.1, 0.15) is 16.8 Å². The smallest absolute Gasteiger partial charge is 0.145 e. The number of furan rings is 1. The maximum absolute atomic E-state index is 6.36. The highest BCUT2D eigenvalue weighted by molar-refractivity contribution is 6.13. The first kappa shape index (κ1) is 21.2. The average Bonchev–Trinajstić information content (AvgIpc) is 3.60. The molecule has 0 bridgehead atoms. The Kier molecular flexibility index (Phi) is 4.36. The Labute approximate surface area is 219 Å². The van der Waals surface area contributed by atoms with Crippen LogP contribution in [0, 0.1) is 13.8 Å². The van der Waals surface area contributed by atoms with Crippen molar-refractivity contribution in [2.75, 3.05) is 0 Å². The van der Waals surface area contributed by atoms with E-state index in [1.165, 1.54) is 49.5 Å². The molecule has 0 N–H and O–H groups in total. The SMILES string of the molecule is Cc1cc(-c2cccc3c2oc2ccccc23)c(C)cc1-c1ccc2c(c1)c1ccccc1c1nccn21. The monoisotopic (exact) mass is 488 g/mol.